The molecular weight excluding hydrogens is 586 g/mol. The number of carbonyl (C=O) groups excluding carboxylic acids is 2. The van der Waals surface area contributed by atoms with Crippen LogP contribution in [0.2, 0.25) is 0 Å². The van der Waals surface area contributed by atoms with Crippen molar-refractivity contribution in [1.82, 2.24) is 24.3 Å². The molecule has 12 heteroatoms. The maximum absolute atomic E-state index is 13.7. The van der Waals surface area contributed by atoms with Crippen molar-refractivity contribution in [3.8, 4) is 5.69 Å². The first-order chi connectivity index (χ1) is 22.0. The van der Waals surface area contributed by atoms with Crippen molar-refractivity contribution in [2.45, 2.75) is 51.4 Å². The van der Waals surface area contributed by atoms with Crippen LogP contribution in [-0.4, -0.2) is 114 Å². The standard InChI is InChI=1S/C34H45N7O5/c1-33(2,3)46-32(44)39-16-14-38(15-17-39)25-8-9-27-29(20-25)35-23-41(30(27)42)26-7-6-24(22-45-5)28(21-26)36-31(43)34(10-11-34)40-18-12-37(4)13-19-40/h6-9,20-21,23H,10-19,22H2,1-5H3,(H,36,43). The van der Waals surface area contributed by atoms with E-state index in [1.54, 1.807) is 18.3 Å². The number of anilines is 2. The molecule has 0 spiro atoms. The second kappa shape index (κ2) is 12.7. The average molecular weight is 632 g/mol. The van der Waals surface area contributed by atoms with E-state index < -0.39 is 11.1 Å². The molecule has 246 valence electrons. The highest BCUT2D eigenvalue weighted by Gasteiger charge is 2.54. The minimum Gasteiger partial charge on any atom is -0.444 e. The third kappa shape index (κ3) is 6.60. The van der Waals surface area contributed by atoms with Gasteiger partial charge in [-0.3, -0.25) is 19.1 Å². The summed E-state index contributed by atoms with van der Waals surface area (Å²) in [6, 6.07) is 11.2. The summed E-state index contributed by atoms with van der Waals surface area (Å²) in [5.41, 5.74) is 2.44. The first-order valence-electron chi connectivity index (χ1n) is 16.1. The Labute approximate surface area is 269 Å². The molecule has 3 aliphatic rings. The van der Waals surface area contributed by atoms with Gasteiger partial charge in [0.15, 0.2) is 0 Å². The topological polar surface area (TPSA) is 112 Å². The molecule has 3 heterocycles. The predicted molar refractivity (Wildman–Crippen MR) is 178 cm³/mol. The van der Waals surface area contributed by atoms with Crippen LogP contribution in [0.4, 0.5) is 16.2 Å². The zero-order valence-electron chi connectivity index (χ0n) is 27.5. The first-order valence-corrected chi connectivity index (χ1v) is 16.1. The van der Waals surface area contributed by atoms with Crippen LogP contribution in [0.25, 0.3) is 16.6 Å². The van der Waals surface area contributed by atoms with Gasteiger partial charge < -0.3 is 29.5 Å². The predicted octanol–water partition coefficient (Wildman–Crippen LogP) is 3.31. The van der Waals surface area contributed by atoms with E-state index in [2.05, 4.69) is 32.0 Å². The van der Waals surface area contributed by atoms with Crippen molar-refractivity contribution in [2.24, 2.45) is 0 Å². The van der Waals surface area contributed by atoms with E-state index in [4.69, 9.17) is 9.47 Å². The third-order valence-corrected chi connectivity index (χ3v) is 9.21. The van der Waals surface area contributed by atoms with E-state index in [0.29, 0.717) is 55.1 Å². The summed E-state index contributed by atoms with van der Waals surface area (Å²) in [4.78, 5) is 53.0. The molecule has 0 radical (unpaired) electrons. The monoisotopic (exact) mass is 631 g/mol. The smallest absolute Gasteiger partial charge is 0.410 e. The molecule has 46 heavy (non-hydrogen) atoms. The van der Waals surface area contributed by atoms with Crippen molar-refractivity contribution >= 4 is 34.3 Å². The zero-order valence-corrected chi connectivity index (χ0v) is 27.5. The number of aromatic nitrogens is 2. The molecule has 1 saturated carbocycles. The number of benzene rings is 2. The van der Waals surface area contributed by atoms with Crippen LogP contribution in [-0.2, 0) is 20.9 Å². The van der Waals surface area contributed by atoms with E-state index in [1.807, 2.05) is 57.2 Å². The quantitative estimate of drug-likeness (QED) is 0.420. The van der Waals surface area contributed by atoms with Gasteiger partial charge in [0.25, 0.3) is 5.56 Å². The summed E-state index contributed by atoms with van der Waals surface area (Å²) in [6.45, 7) is 12.0. The largest absolute Gasteiger partial charge is 0.444 e. The van der Waals surface area contributed by atoms with Gasteiger partial charge in [-0.1, -0.05) is 6.07 Å². The Balaban J connectivity index is 1.20. The highest BCUT2D eigenvalue weighted by atomic mass is 16.6. The van der Waals surface area contributed by atoms with Crippen LogP contribution in [0, 0.1) is 0 Å². The summed E-state index contributed by atoms with van der Waals surface area (Å²) < 4.78 is 12.5. The number of methoxy groups -OCH3 is 1. The van der Waals surface area contributed by atoms with E-state index in [-0.39, 0.29) is 17.6 Å². The molecule has 0 unspecified atom stereocenters. The number of hydrogen-bond acceptors (Lipinski definition) is 9. The van der Waals surface area contributed by atoms with E-state index in [1.165, 1.54) is 4.57 Å². The van der Waals surface area contributed by atoms with Gasteiger partial charge in [0.2, 0.25) is 5.91 Å². The first kappa shape index (κ1) is 32.0. The molecule has 3 aromatic rings. The SMILES string of the molecule is COCc1ccc(-n2cnc3cc(N4CCN(C(=O)OC(C)(C)C)CC4)ccc3c2=O)cc1NC(=O)C1(N2CCN(C)CC2)CC1. The fourth-order valence-electron chi connectivity index (χ4n) is 6.35. The lowest BCUT2D eigenvalue weighted by atomic mass is 10.1. The highest BCUT2D eigenvalue weighted by molar-refractivity contribution is 6.01. The van der Waals surface area contributed by atoms with Crippen molar-refractivity contribution in [1.29, 1.82) is 0 Å². The summed E-state index contributed by atoms with van der Waals surface area (Å²) in [6.07, 6.45) is 2.93. The molecular formula is C34H45N7O5. The number of likely N-dealkylation sites (N-methyl/N-ethyl adjacent to an activating group) is 1. The molecule has 3 fully saturated rings. The molecule has 2 saturated heterocycles. The zero-order chi connectivity index (χ0) is 32.6. The lowest BCUT2D eigenvalue weighted by molar-refractivity contribution is -0.123. The van der Waals surface area contributed by atoms with Gasteiger partial charge in [-0.15, -0.1) is 0 Å². The van der Waals surface area contributed by atoms with Crippen LogP contribution in [0.3, 0.4) is 0 Å². The summed E-state index contributed by atoms with van der Waals surface area (Å²) >= 11 is 0. The Kier molecular flexibility index (Phi) is 8.79. The summed E-state index contributed by atoms with van der Waals surface area (Å²) in [5.74, 6) is -0.00463. The van der Waals surface area contributed by atoms with Crippen LogP contribution >= 0.6 is 0 Å². The van der Waals surface area contributed by atoms with Crippen LogP contribution in [0.5, 0.6) is 0 Å². The van der Waals surface area contributed by atoms with Gasteiger partial charge in [-0.05, 0) is 71.0 Å². The van der Waals surface area contributed by atoms with Gasteiger partial charge in [0, 0.05) is 76.4 Å². The number of fused-ring (bicyclic) bond motifs is 1. The Bertz CT molecular complexity index is 1660. The van der Waals surface area contributed by atoms with E-state index >= 15 is 0 Å². The van der Waals surface area contributed by atoms with Gasteiger partial charge in [0.05, 0.1) is 23.2 Å². The van der Waals surface area contributed by atoms with E-state index in [9.17, 15) is 14.4 Å². The molecule has 0 bridgehead atoms. The number of ether oxygens (including phenoxy) is 2. The molecule has 12 nitrogen and oxygen atoms in total. The van der Waals surface area contributed by atoms with Gasteiger partial charge in [-0.25, -0.2) is 9.78 Å². The van der Waals surface area contributed by atoms with Gasteiger partial charge in [0.1, 0.15) is 17.5 Å². The summed E-state index contributed by atoms with van der Waals surface area (Å²) in [5, 5.41) is 3.69. The molecule has 1 aromatic heterocycles. The highest BCUT2D eigenvalue weighted by Crippen LogP contribution is 2.43. The Morgan fingerprint density at radius 3 is 2.28 bits per heavy atom. The number of piperazine rings is 2. The number of hydrogen-bond donors (Lipinski definition) is 1. The molecule has 2 amide bonds. The molecule has 1 N–H and O–H groups in total. The van der Waals surface area contributed by atoms with Crippen molar-refractivity contribution in [3.63, 3.8) is 0 Å². The fourth-order valence-corrected chi connectivity index (χ4v) is 6.35. The van der Waals surface area contributed by atoms with Crippen LogP contribution in [0.15, 0.2) is 47.5 Å². The van der Waals surface area contributed by atoms with Gasteiger partial charge in [-0.2, -0.15) is 0 Å². The lowest BCUT2D eigenvalue weighted by Gasteiger charge is -2.37. The average Bonchev–Trinajstić information content (AvgIpc) is 3.84. The minimum atomic E-state index is -0.531. The third-order valence-electron chi connectivity index (χ3n) is 9.21. The number of amides is 2. The van der Waals surface area contributed by atoms with E-state index in [0.717, 1.165) is 50.3 Å². The Hall–Kier alpha value is -4.00. The summed E-state index contributed by atoms with van der Waals surface area (Å²) in [7, 11) is 3.73. The fraction of sp³-hybridized carbons (Fsp3) is 0.529. The number of carbonyl (C=O) groups is 2. The Morgan fingerprint density at radius 2 is 1.63 bits per heavy atom. The maximum atomic E-state index is 13.7. The Morgan fingerprint density at radius 1 is 0.935 bits per heavy atom. The normalized spacial score (nSPS) is 18.9. The maximum Gasteiger partial charge on any atom is 0.410 e. The lowest BCUT2D eigenvalue weighted by Crippen LogP contribution is -2.54. The minimum absolute atomic E-state index is 0.00463. The second-order valence-electron chi connectivity index (χ2n) is 13.6. The molecule has 2 aromatic carbocycles. The van der Waals surface area contributed by atoms with Crippen molar-refractivity contribution in [2.75, 3.05) is 76.7 Å². The van der Waals surface area contributed by atoms with Crippen molar-refractivity contribution < 1.29 is 19.1 Å². The second-order valence-corrected chi connectivity index (χ2v) is 13.6. The molecule has 0 atom stereocenters. The number of rotatable bonds is 7. The molecule has 1 aliphatic carbocycles. The van der Waals surface area contributed by atoms with Crippen LogP contribution in [0.1, 0.15) is 39.2 Å². The molecule has 6 rings (SSSR count). The number of nitrogens with zero attached hydrogens (tertiary/aromatic N) is 6. The van der Waals surface area contributed by atoms with Crippen molar-refractivity contribution in [3.05, 3.63) is 58.6 Å². The van der Waals surface area contributed by atoms with Crippen LogP contribution < -0.4 is 15.8 Å². The number of nitrogens with one attached hydrogen (secondary N) is 1. The molecule has 2 aliphatic heterocycles. The van der Waals surface area contributed by atoms with Gasteiger partial charge >= 0.3 is 6.09 Å².